The quantitative estimate of drug-likeness (QED) is 0.0614. The Morgan fingerprint density at radius 1 is 0.880 bits per heavy atom. The van der Waals surface area contributed by atoms with Crippen LogP contribution in [0.25, 0.3) is 28.1 Å². The Labute approximate surface area is 296 Å². The third kappa shape index (κ3) is 8.03. The summed E-state index contributed by atoms with van der Waals surface area (Å²) in [6.45, 7) is 1.98. The van der Waals surface area contributed by atoms with Crippen molar-refractivity contribution in [2.45, 2.75) is 11.8 Å². The van der Waals surface area contributed by atoms with E-state index in [2.05, 4.69) is 20.9 Å². The number of para-hydroxylation sites is 1. The van der Waals surface area contributed by atoms with Gasteiger partial charge in [0.2, 0.25) is 5.91 Å². The van der Waals surface area contributed by atoms with Crippen LogP contribution < -0.4 is 16.0 Å². The van der Waals surface area contributed by atoms with Crippen molar-refractivity contribution in [3.63, 3.8) is 0 Å². The number of anilines is 2. The summed E-state index contributed by atoms with van der Waals surface area (Å²) in [6, 6.07) is 31.2. The number of nitrogens with one attached hydrogen (secondary N) is 4. The first kappa shape index (κ1) is 34.0. The monoisotopic (exact) mass is 700 g/mol. The maximum Gasteiger partial charge on any atom is 0.341 e. The number of aromatic nitrogens is 1. The Morgan fingerprint density at radius 2 is 1.64 bits per heavy atom. The molecule has 0 radical (unpaired) electrons. The first-order valence-electron chi connectivity index (χ1n) is 15.5. The van der Waals surface area contributed by atoms with Crippen molar-refractivity contribution in [3.8, 4) is 11.1 Å². The van der Waals surface area contributed by atoms with Crippen LogP contribution in [0.1, 0.15) is 31.8 Å². The Bertz CT molecular complexity index is 2220. The molecule has 0 aliphatic rings. The van der Waals surface area contributed by atoms with Crippen molar-refractivity contribution in [2.75, 3.05) is 23.5 Å². The van der Waals surface area contributed by atoms with Gasteiger partial charge in [0.05, 0.1) is 12.9 Å². The second kappa shape index (κ2) is 15.5. The zero-order valence-corrected chi connectivity index (χ0v) is 28.7. The normalized spacial score (nSPS) is 11.2. The van der Waals surface area contributed by atoms with Crippen LogP contribution in [0.4, 0.5) is 10.7 Å². The number of esters is 1. The highest BCUT2D eigenvalue weighted by Crippen LogP contribution is 2.36. The largest absolute Gasteiger partial charge is 0.465 e. The molecule has 0 spiro atoms. The fraction of sp³-hybridized carbons (Fsp3) is 0.0769. The number of carbonyl (C=O) groups is 4. The van der Waals surface area contributed by atoms with Crippen LogP contribution in [0, 0.1) is 6.92 Å². The van der Waals surface area contributed by atoms with E-state index in [1.807, 2.05) is 73.0 Å². The molecule has 0 aliphatic heterocycles. The number of amides is 3. The van der Waals surface area contributed by atoms with E-state index in [1.165, 1.54) is 30.2 Å². The third-order valence-corrected chi connectivity index (χ3v) is 9.60. The Morgan fingerprint density at radius 3 is 2.42 bits per heavy atom. The van der Waals surface area contributed by atoms with Gasteiger partial charge in [-0.3, -0.25) is 14.4 Å². The van der Waals surface area contributed by atoms with Gasteiger partial charge in [0, 0.05) is 49.8 Å². The summed E-state index contributed by atoms with van der Waals surface area (Å²) in [5, 5.41) is 11.6. The number of hydrogen-bond acceptors (Lipinski definition) is 7. The summed E-state index contributed by atoms with van der Waals surface area (Å²) in [5.74, 6) is -1.73. The van der Waals surface area contributed by atoms with E-state index in [4.69, 9.17) is 4.74 Å². The van der Waals surface area contributed by atoms with Gasteiger partial charge in [-0.15, -0.1) is 23.1 Å². The first-order chi connectivity index (χ1) is 24.3. The lowest BCUT2D eigenvalue weighted by atomic mass is 10.0. The van der Waals surface area contributed by atoms with Crippen molar-refractivity contribution < 1.29 is 23.9 Å². The molecule has 0 unspecified atom stereocenters. The van der Waals surface area contributed by atoms with E-state index in [1.54, 1.807) is 54.7 Å². The van der Waals surface area contributed by atoms with Crippen LogP contribution in [0.3, 0.4) is 0 Å². The Balaban J connectivity index is 1.15. The number of rotatable bonds is 11. The van der Waals surface area contributed by atoms with Gasteiger partial charge >= 0.3 is 5.97 Å². The number of carbonyl (C=O) groups excluding carboxylic acids is 4. The highest BCUT2D eigenvalue weighted by Gasteiger charge is 2.23. The smallest absolute Gasteiger partial charge is 0.341 e. The van der Waals surface area contributed by atoms with E-state index >= 15 is 0 Å². The maximum absolute atomic E-state index is 13.6. The van der Waals surface area contributed by atoms with Gasteiger partial charge in [0.1, 0.15) is 16.3 Å². The van der Waals surface area contributed by atoms with E-state index in [9.17, 15) is 19.2 Å². The van der Waals surface area contributed by atoms with Gasteiger partial charge in [-0.1, -0.05) is 72.3 Å². The molecule has 0 fully saturated rings. The van der Waals surface area contributed by atoms with Gasteiger partial charge in [-0.05, 0) is 55.0 Å². The third-order valence-electron chi connectivity index (χ3n) is 7.71. The molecule has 0 saturated carbocycles. The minimum absolute atomic E-state index is 0.0502. The van der Waals surface area contributed by atoms with Crippen LogP contribution in [-0.2, 0) is 14.3 Å². The SMILES string of the molecule is COC(=O)c1c(-c2ccc(C)cc2)csc1NC(=O)CSc1cccc(NC(=O)/C(=C/c2c[nH]c3ccccc23)NC(=O)c2ccccc2)c1. The minimum Gasteiger partial charge on any atom is -0.465 e. The number of fused-ring (bicyclic) bond motifs is 1. The van der Waals surface area contributed by atoms with Crippen LogP contribution >= 0.6 is 23.1 Å². The van der Waals surface area contributed by atoms with Crippen LogP contribution in [-0.4, -0.2) is 41.5 Å². The molecule has 50 heavy (non-hydrogen) atoms. The lowest BCUT2D eigenvalue weighted by molar-refractivity contribution is -0.114. The molecule has 0 atom stereocenters. The molecule has 4 N–H and O–H groups in total. The zero-order valence-electron chi connectivity index (χ0n) is 27.1. The van der Waals surface area contributed by atoms with Gasteiger partial charge in [0.25, 0.3) is 11.8 Å². The van der Waals surface area contributed by atoms with Gasteiger partial charge in [0.15, 0.2) is 0 Å². The standard InChI is InChI=1S/C39H32N4O5S2/c1-24-15-17-25(18-16-24)31-22-50-38(35(31)39(47)48-2)43-34(44)23-49-29-12-8-11-28(20-29)41-37(46)33(42-36(45)26-9-4-3-5-10-26)19-27-21-40-32-14-7-6-13-30(27)32/h3-22,40H,23H2,1-2H3,(H,41,46)(H,42,45)(H,43,44)/b33-19-. The molecule has 0 aliphatic carbocycles. The minimum atomic E-state index is -0.536. The van der Waals surface area contributed by atoms with Crippen molar-refractivity contribution in [2.24, 2.45) is 0 Å². The van der Waals surface area contributed by atoms with Crippen molar-refractivity contribution in [3.05, 3.63) is 143 Å². The highest BCUT2D eigenvalue weighted by molar-refractivity contribution is 8.00. The number of thioether (sulfide) groups is 1. The number of benzene rings is 4. The number of H-pyrrole nitrogens is 1. The molecule has 11 heteroatoms. The summed E-state index contributed by atoms with van der Waals surface area (Å²) in [5.41, 5.74) is 5.52. The van der Waals surface area contributed by atoms with Gasteiger partial charge < -0.3 is 25.7 Å². The predicted octanol–water partition coefficient (Wildman–Crippen LogP) is 8.13. The Hall–Kier alpha value is -5.91. The molecule has 4 aromatic carbocycles. The van der Waals surface area contributed by atoms with Crippen LogP contribution in [0.15, 0.2) is 125 Å². The molecule has 2 aromatic heterocycles. The molecular formula is C39H32N4O5S2. The predicted molar refractivity (Wildman–Crippen MR) is 200 cm³/mol. The molecular weight excluding hydrogens is 669 g/mol. The topological polar surface area (TPSA) is 129 Å². The zero-order chi connectivity index (χ0) is 35.0. The van der Waals surface area contributed by atoms with Crippen molar-refractivity contribution in [1.82, 2.24) is 10.3 Å². The number of methoxy groups -OCH3 is 1. The van der Waals surface area contributed by atoms with E-state index in [0.717, 1.165) is 32.5 Å². The average Bonchev–Trinajstić information content (AvgIpc) is 3.75. The number of aromatic amines is 1. The van der Waals surface area contributed by atoms with Gasteiger partial charge in [-0.2, -0.15) is 0 Å². The van der Waals surface area contributed by atoms with Gasteiger partial charge in [-0.25, -0.2) is 4.79 Å². The highest BCUT2D eigenvalue weighted by atomic mass is 32.2. The van der Waals surface area contributed by atoms with Crippen LogP contribution in [0.2, 0.25) is 0 Å². The molecule has 0 saturated heterocycles. The summed E-state index contributed by atoms with van der Waals surface area (Å²) in [7, 11) is 1.31. The van der Waals surface area contributed by atoms with Crippen molar-refractivity contribution >= 4 is 74.5 Å². The van der Waals surface area contributed by atoms with E-state index in [0.29, 0.717) is 27.4 Å². The maximum atomic E-state index is 13.6. The number of ether oxygens (including phenoxy) is 1. The lowest BCUT2D eigenvalue weighted by Gasteiger charge is -2.12. The second-order valence-electron chi connectivity index (χ2n) is 11.2. The molecule has 6 rings (SSSR count). The molecule has 9 nitrogen and oxygen atoms in total. The number of thiophene rings is 1. The number of aryl methyl sites for hydroxylation is 1. The summed E-state index contributed by atoms with van der Waals surface area (Å²) >= 11 is 2.53. The first-order valence-corrected chi connectivity index (χ1v) is 17.4. The summed E-state index contributed by atoms with van der Waals surface area (Å²) in [6.07, 6.45) is 3.41. The van der Waals surface area contributed by atoms with E-state index in [-0.39, 0.29) is 17.4 Å². The van der Waals surface area contributed by atoms with Crippen LogP contribution in [0.5, 0.6) is 0 Å². The second-order valence-corrected chi connectivity index (χ2v) is 13.1. The number of hydrogen-bond donors (Lipinski definition) is 4. The molecule has 250 valence electrons. The molecule has 2 heterocycles. The molecule has 0 bridgehead atoms. The lowest BCUT2D eigenvalue weighted by Crippen LogP contribution is -2.30. The summed E-state index contributed by atoms with van der Waals surface area (Å²) in [4.78, 5) is 56.4. The average molecular weight is 701 g/mol. The Kier molecular flexibility index (Phi) is 10.6. The van der Waals surface area contributed by atoms with E-state index < -0.39 is 17.8 Å². The fourth-order valence-corrected chi connectivity index (χ4v) is 6.91. The molecule has 6 aromatic rings. The van der Waals surface area contributed by atoms with Crippen molar-refractivity contribution in [1.29, 1.82) is 0 Å². The fourth-order valence-electron chi connectivity index (χ4n) is 5.19. The molecule has 3 amide bonds. The summed E-state index contributed by atoms with van der Waals surface area (Å²) < 4.78 is 5.03.